The fraction of sp³-hybridized carbons (Fsp3) is 0.111. The molecule has 0 bridgehead atoms. The van der Waals surface area contributed by atoms with Crippen molar-refractivity contribution in [3.8, 4) is 17.0 Å². The predicted molar refractivity (Wildman–Crippen MR) is 96.3 cm³/mol. The Labute approximate surface area is 148 Å². The second kappa shape index (κ2) is 7.23. The maximum atomic E-state index is 12.6. The third-order valence-electron chi connectivity index (χ3n) is 3.58. The highest BCUT2D eigenvalue weighted by Crippen LogP contribution is 2.26. The van der Waals surface area contributed by atoms with E-state index in [2.05, 4.69) is 14.9 Å². The number of anilines is 1. The van der Waals surface area contributed by atoms with Crippen LogP contribution in [-0.4, -0.2) is 28.4 Å². The molecular weight excluding hydrogens is 338 g/mol. The quantitative estimate of drug-likeness (QED) is 0.708. The minimum absolute atomic E-state index is 0.0607. The summed E-state index contributed by atoms with van der Waals surface area (Å²) in [4.78, 5) is 24.4. The number of carbonyl (C=O) groups is 2. The fourth-order valence-corrected chi connectivity index (χ4v) is 2.86. The summed E-state index contributed by atoms with van der Waals surface area (Å²) in [5, 5.41) is 6.85. The minimum atomic E-state index is -0.318. The van der Waals surface area contributed by atoms with Gasteiger partial charge in [0.2, 0.25) is 0 Å². The highest BCUT2D eigenvalue weighted by atomic mass is 32.1. The molecule has 0 aliphatic rings. The van der Waals surface area contributed by atoms with Crippen LogP contribution in [-0.2, 0) is 0 Å². The third kappa shape index (κ3) is 3.72. The van der Waals surface area contributed by atoms with Crippen LogP contribution in [0.15, 0.2) is 48.5 Å². The number of methoxy groups -OCH3 is 1. The molecule has 3 aromatic rings. The Balaban J connectivity index is 1.85. The van der Waals surface area contributed by atoms with E-state index in [0.29, 0.717) is 21.8 Å². The number of carbonyl (C=O) groups excluding carboxylic acids is 2. The van der Waals surface area contributed by atoms with Crippen molar-refractivity contribution < 1.29 is 14.3 Å². The molecule has 25 heavy (non-hydrogen) atoms. The summed E-state index contributed by atoms with van der Waals surface area (Å²) in [6, 6.07) is 14.0. The smallest absolute Gasteiger partial charge is 0.269 e. The van der Waals surface area contributed by atoms with Crippen molar-refractivity contribution in [1.82, 2.24) is 9.59 Å². The van der Waals surface area contributed by atoms with Crippen molar-refractivity contribution in [1.29, 1.82) is 0 Å². The van der Waals surface area contributed by atoms with Gasteiger partial charge in [-0.25, -0.2) is 0 Å². The summed E-state index contributed by atoms with van der Waals surface area (Å²) >= 11 is 1.02. The van der Waals surface area contributed by atoms with Gasteiger partial charge in [-0.2, -0.15) is 0 Å². The van der Waals surface area contributed by atoms with Crippen LogP contribution in [0, 0.1) is 0 Å². The van der Waals surface area contributed by atoms with E-state index in [1.54, 1.807) is 43.5 Å². The number of hydrogen-bond acceptors (Lipinski definition) is 6. The van der Waals surface area contributed by atoms with Gasteiger partial charge < -0.3 is 10.1 Å². The van der Waals surface area contributed by atoms with E-state index >= 15 is 0 Å². The molecule has 1 heterocycles. The van der Waals surface area contributed by atoms with Crippen molar-refractivity contribution in [3.63, 3.8) is 0 Å². The Morgan fingerprint density at radius 1 is 1.12 bits per heavy atom. The first-order chi connectivity index (χ1) is 12.1. The standard InChI is InChI=1S/C18H15N3O3S/c1-11(22)13-4-3-5-14(10-13)19-18(23)17-16(20-21-25-17)12-6-8-15(24-2)9-7-12/h3-10H,1-2H3,(H,19,23). The molecule has 0 atom stereocenters. The van der Waals surface area contributed by atoms with Crippen LogP contribution in [0.4, 0.5) is 5.69 Å². The Hall–Kier alpha value is -3.06. The molecule has 1 amide bonds. The summed E-state index contributed by atoms with van der Waals surface area (Å²) in [5.41, 5.74) is 2.37. The molecule has 0 radical (unpaired) electrons. The van der Waals surface area contributed by atoms with E-state index in [0.717, 1.165) is 22.8 Å². The number of aromatic nitrogens is 2. The first kappa shape index (κ1) is 16.8. The highest BCUT2D eigenvalue weighted by molar-refractivity contribution is 7.08. The van der Waals surface area contributed by atoms with Gasteiger partial charge in [0.05, 0.1) is 7.11 Å². The Kier molecular flexibility index (Phi) is 4.85. The minimum Gasteiger partial charge on any atom is -0.497 e. The van der Waals surface area contributed by atoms with Gasteiger partial charge >= 0.3 is 0 Å². The molecule has 1 N–H and O–H groups in total. The van der Waals surface area contributed by atoms with Gasteiger partial charge in [-0.1, -0.05) is 16.6 Å². The van der Waals surface area contributed by atoms with Gasteiger partial charge in [-0.3, -0.25) is 9.59 Å². The van der Waals surface area contributed by atoms with Crippen molar-refractivity contribution >= 4 is 28.9 Å². The van der Waals surface area contributed by atoms with E-state index in [1.165, 1.54) is 6.92 Å². The second-order valence-corrected chi connectivity index (χ2v) is 6.02. The number of ketones is 1. The maximum Gasteiger partial charge on any atom is 0.269 e. The molecule has 7 heteroatoms. The van der Waals surface area contributed by atoms with Gasteiger partial charge in [0.25, 0.3) is 5.91 Å². The molecule has 0 unspecified atom stereocenters. The van der Waals surface area contributed by atoms with Crippen LogP contribution >= 0.6 is 11.5 Å². The topological polar surface area (TPSA) is 81.2 Å². The first-order valence-corrected chi connectivity index (χ1v) is 8.25. The number of amides is 1. The van der Waals surface area contributed by atoms with Gasteiger partial charge in [-0.15, -0.1) is 5.10 Å². The third-order valence-corrected chi connectivity index (χ3v) is 4.31. The number of nitrogens with zero attached hydrogens (tertiary/aromatic N) is 2. The molecule has 0 saturated carbocycles. The van der Waals surface area contributed by atoms with Gasteiger partial charge in [0, 0.05) is 16.8 Å². The summed E-state index contributed by atoms with van der Waals surface area (Å²) < 4.78 is 9.03. The number of nitrogens with one attached hydrogen (secondary N) is 1. The largest absolute Gasteiger partial charge is 0.497 e. The van der Waals surface area contributed by atoms with Crippen LogP contribution in [0.25, 0.3) is 11.3 Å². The number of benzene rings is 2. The Bertz CT molecular complexity index is 919. The fourth-order valence-electron chi connectivity index (χ4n) is 2.28. The zero-order chi connectivity index (χ0) is 17.8. The SMILES string of the molecule is COc1ccc(-c2nnsc2C(=O)Nc2cccc(C(C)=O)c2)cc1. The Morgan fingerprint density at radius 3 is 2.56 bits per heavy atom. The van der Waals surface area contributed by atoms with E-state index in [9.17, 15) is 9.59 Å². The van der Waals surface area contributed by atoms with Crippen molar-refractivity contribution in [2.45, 2.75) is 6.92 Å². The van der Waals surface area contributed by atoms with Crippen molar-refractivity contribution in [2.75, 3.05) is 12.4 Å². The second-order valence-electron chi connectivity index (χ2n) is 5.27. The van der Waals surface area contributed by atoms with Gasteiger partial charge in [0.15, 0.2) is 5.78 Å². The number of hydrogen-bond donors (Lipinski definition) is 1. The molecule has 0 aliphatic heterocycles. The lowest BCUT2D eigenvalue weighted by atomic mass is 10.1. The average molecular weight is 353 g/mol. The number of Topliss-reactive ketones (excluding diaryl/α,β-unsaturated/α-hetero) is 1. The van der Waals surface area contributed by atoms with E-state index in [-0.39, 0.29) is 11.7 Å². The van der Waals surface area contributed by atoms with Crippen LogP contribution in [0.3, 0.4) is 0 Å². The zero-order valence-corrected chi connectivity index (χ0v) is 14.5. The van der Waals surface area contributed by atoms with Crippen LogP contribution in [0.2, 0.25) is 0 Å². The average Bonchev–Trinajstić information content (AvgIpc) is 3.12. The normalized spacial score (nSPS) is 10.3. The maximum absolute atomic E-state index is 12.6. The monoisotopic (exact) mass is 353 g/mol. The Morgan fingerprint density at radius 2 is 1.88 bits per heavy atom. The van der Waals surface area contributed by atoms with Crippen molar-refractivity contribution in [3.05, 3.63) is 59.0 Å². The van der Waals surface area contributed by atoms with E-state index < -0.39 is 0 Å². The molecule has 126 valence electrons. The molecular formula is C18H15N3O3S. The lowest BCUT2D eigenvalue weighted by Gasteiger charge is -2.06. The molecule has 1 aromatic heterocycles. The molecule has 2 aromatic carbocycles. The van der Waals surface area contributed by atoms with Gasteiger partial charge in [-0.05, 0) is 54.9 Å². The van der Waals surface area contributed by atoms with E-state index in [1.807, 2.05) is 12.1 Å². The number of rotatable bonds is 5. The zero-order valence-electron chi connectivity index (χ0n) is 13.6. The molecule has 0 spiro atoms. The molecule has 6 nitrogen and oxygen atoms in total. The molecule has 0 saturated heterocycles. The lowest BCUT2D eigenvalue weighted by molar-refractivity contribution is 0.101. The summed E-state index contributed by atoms with van der Waals surface area (Å²) in [7, 11) is 1.59. The van der Waals surface area contributed by atoms with Crippen molar-refractivity contribution in [2.24, 2.45) is 0 Å². The molecule has 0 aliphatic carbocycles. The predicted octanol–water partition coefficient (Wildman–Crippen LogP) is 3.67. The number of ether oxygens (including phenoxy) is 1. The first-order valence-electron chi connectivity index (χ1n) is 7.47. The van der Waals surface area contributed by atoms with Crippen LogP contribution < -0.4 is 10.1 Å². The molecule has 3 rings (SSSR count). The van der Waals surface area contributed by atoms with Gasteiger partial charge in [0.1, 0.15) is 16.3 Å². The highest BCUT2D eigenvalue weighted by Gasteiger charge is 2.18. The van der Waals surface area contributed by atoms with E-state index in [4.69, 9.17) is 4.74 Å². The lowest BCUT2D eigenvalue weighted by Crippen LogP contribution is -2.12. The summed E-state index contributed by atoms with van der Waals surface area (Å²) in [6.07, 6.45) is 0. The molecule has 0 fully saturated rings. The summed E-state index contributed by atoms with van der Waals surface area (Å²) in [6.45, 7) is 1.48. The van der Waals surface area contributed by atoms with Crippen LogP contribution in [0.5, 0.6) is 5.75 Å². The summed E-state index contributed by atoms with van der Waals surface area (Å²) in [5.74, 6) is 0.343. The van der Waals surface area contributed by atoms with Crippen LogP contribution in [0.1, 0.15) is 27.0 Å².